The highest BCUT2D eigenvalue weighted by Gasteiger charge is 2.22. The Kier molecular flexibility index (Phi) is 3.36. The molecule has 1 aliphatic heterocycles. The Morgan fingerprint density at radius 2 is 2.14 bits per heavy atom. The average molecular weight is 278 g/mol. The van der Waals surface area contributed by atoms with Crippen molar-refractivity contribution in [1.82, 2.24) is 9.97 Å². The molecule has 0 aliphatic carbocycles. The maximum absolute atomic E-state index is 5.62. The van der Waals surface area contributed by atoms with Gasteiger partial charge in [-0.3, -0.25) is 0 Å². The lowest BCUT2D eigenvalue weighted by molar-refractivity contribution is 0.0183. The van der Waals surface area contributed by atoms with Crippen molar-refractivity contribution in [2.75, 3.05) is 6.61 Å². The van der Waals surface area contributed by atoms with Crippen molar-refractivity contribution in [3.8, 4) is 0 Å². The molecule has 1 fully saturated rings. The molecule has 2 rings (SSSR count). The zero-order chi connectivity index (χ0) is 9.97. The van der Waals surface area contributed by atoms with Crippen molar-refractivity contribution in [3.63, 3.8) is 0 Å². The average Bonchev–Trinajstić information content (AvgIpc) is 2.19. The van der Waals surface area contributed by atoms with Crippen molar-refractivity contribution >= 4 is 27.5 Å². The normalized spacial score (nSPS) is 27.6. The summed E-state index contributed by atoms with van der Waals surface area (Å²) in [5, 5.41) is 0.278. The van der Waals surface area contributed by atoms with E-state index in [9.17, 15) is 0 Å². The molecule has 5 heteroatoms. The van der Waals surface area contributed by atoms with E-state index in [0.717, 1.165) is 25.0 Å². The summed E-state index contributed by atoms with van der Waals surface area (Å²) in [5.74, 6) is 0. The Labute approximate surface area is 96.0 Å². The van der Waals surface area contributed by atoms with Gasteiger partial charge < -0.3 is 4.74 Å². The summed E-state index contributed by atoms with van der Waals surface area (Å²) >= 11 is 9.20. The minimum atomic E-state index is 0.102. The van der Waals surface area contributed by atoms with E-state index in [0.29, 0.717) is 4.83 Å². The second kappa shape index (κ2) is 4.55. The summed E-state index contributed by atoms with van der Waals surface area (Å²) < 4.78 is 5.62. The number of hydrogen-bond donors (Lipinski definition) is 0. The lowest BCUT2D eigenvalue weighted by Gasteiger charge is -2.26. The monoisotopic (exact) mass is 276 g/mol. The van der Waals surface area contributed by atoms with Gasteiger partial charge in [0.1, 0.15) is 0 Å². The van der Waals surface area contributed by atoms with Gasteiger partial charge in [0.25, 0.3) is 0 Å². The SMILES string of the molecule is Clc1ncc(C2CC(Br)CCO2)cn1. The highest BCUT2D eigenvalue weighted by molar-refractivity contribution is 9.09. The molecule has 0 amide bonds. The molecule has 0 N–H and O–H groups in total. The summed E-state index contributed by atoms with van der Waals surface area (Å²) in [7, 11) is 0. The van der Waals surface area contributed by atoms with Crippen molar-refractivity contribution in [2.24, 2.45) is 0 Å². The van der Waals surface area contributed by atoms with Crippen LogP contribution in [0.2, 0.25) is 5.28 Å². The lowest BCUT2D eigenvalue weighted by atomic mass is 10.0. The Balaban J connectivity index is 2.10. The molecule has 1 saturated heterocycles. The lowest BCUT2D eigenvalue weighted by Crippen LogP contribution is -2.19. The van der Waals surface area contributed by atoms with E-state index in [1.807, 2.05) is 0 Å². The van der Waals surface area contributed by atoms with Crippen molar-refractivity contribution in [3.05, 3.63) is 23.2 Å². The fraction of sp³-hybridized carbons (Fsp3) is 0.556. The van der Waals surface area contributed by atoms with E-state index in [1.165, 1.54) is 0 Å². The van der Waals surface area contributed by atoms with Gasteiger partial charge in [-0.1, -0.05) is 15.9 Å². The van der Waals surface area contributed by atoms with Crippen molar-refractivity contribution in [1.29, 1.82) is 0 Å². The molecular weight excluding hydrogens is 267 g/mol. The van der Waals surface area contributed by atoms with E-state index in [-0.39, 0.29) is 11.4 Å². The summed E-state index contributed by atoms with van der Waals surface area (Å²) in [5.41, 5.74) is 0.999. The van der Waals surface area contributed by atoms with E-state index >= 15 is 0 Å². The van der Waals surface area contributed by atoms with Crippen molar-refractivity contribution in [2.45, 2.75) is 23.8 Å². The first kappa shape index (κ1) is 10.3. The molecular formula is C9H10BrClN2O. The molecule has 0 saturated carbocycles. The smallest absolute Gasteiger partial charge is 0.222 e. The summed E-state index contributed by atoms with van der Waals surface area (Å²) in [6.07, 6.45) is 5.58. The van der Waals surface area contributed by atoms with Gasteiger partial charge >= 0.3 is 0 Å². The minimum Gasteiger partial charge on any atom is -0.373 e. The van der Waals surface area contributed by atoms with Gasteiger partial charge in [0.15, 0.2) is 0 Å². The molecule has 1 aromatic heterocycles. The first-order chi connectivity index (χ1) is 6.75. The number of aromatic nitrogens is 2. The largest absolute Gasteiger partial charge is 0.373 e. The number of nitrogens with zero attached hydrogens (tertiary/aromatic N) is 2. The molecule has 2 atom stereocenters. The van der Waals surface area contributed by atoms with E-state index in [1.54, 1.807) is 12.4 Å². The van der Waals surface area contributed by atoms with Gasteiger partial charge in [0.05, 0.1) is 6.10 Å². The summed E-state index contributed by atoms with van der Waals surface area (Å²) in [6, 6.07) is 0. The number of rotatable bonds is 1. The van der Waals surface area contributed by atoms with Crippen LogP contribution in [0.5, 0.6) is 0 Å². The minimum absolute atomic E-state index is 0.102. The van der Waals surface area contributed by atoms with E-state index < -0.39 is 0 Å². The van der Waals surface area contributed by atoms with Crippen LogP contribution >= 0.6 is 27.5 Å². The van der Waals surface area contributed by atoms with Crippen molar-refractivity contribution < 1.29 is 4.74 Å². The zero-order valence-electron chi connectivity index (χ0n) is 7.49. The van der Waals surface area contributed by atoms with Gasteiger partial charge in [-0.25, -0.2) is 9.97 Å². The summed E-state index contributed by atoms with van der Waals surface area (Å²) in [4.78, 5) is 8.40. The molecule has 0 radical (unpaired) electrons. The zero-order valence-corrected chi connectivity index (χ0v) is 9.83. The molecule has 14 heavy (non-hydrogen) atoms. The number of hydrogen-bond acceptors (Lipinski definition) is 3. The number of halogens is 2. The van der Waals surface area contributed by atoms with E-state index in [2.05, 4.69) is 25.9 Å². The molecule has 2 heterocycles. The fourth-order valence-corrected chi connectivity index (χ4v) is 2.10. The van der Waals surface area contributed by atoms with Crippen LogP contribution in [-0.4, -0.2) is 21.4 Å². The highest BCUT2D eigenvalue weighted by atomic mass is 79.9. The quantitative estimate of drug-likeness (QED) is 0.585. The third-order valence-electron chi connectivity index (χ3n) is 2.23. The number of ether oxygens (including phenoxy) is 1. The molecule has 1 aromatic rings. The Morgan fingerprint density at radius 3 is 2.79 bits per heavy atom. The molecule has 3 nitrogen and oxygen atoms in total. The Bertz CT molecular complexity index is 306. The highest BCUT2D eigenvalue weighted by Crippen LogP contribution is 2.30. The number of alkyl halides is 1. The molecule has 1 aliphatic rings. The fourth-order valence-electron chi connectivity index (χ4n) is 1.48. The van der Waals surface area contributed by atoms with Crippen LogP contribution in [0.25, 0.3) is 0 Å². The van der Waals surface area contributed by atoms with Crippen LogP contribution in [0.1, 0.15) is 24.5 Å². The van der Waals surface area contributed by atoms with Crippen LogP contribution in [0.15, 0.2) is 12.4 Å². The predicted molar refractivity (Wildman–Crippen MR) is 57.7 cm³/mol. The molecule has 0 aromatic carbocycles. The van der Waals surface area contributed by atoms with Gasteiger partial charge in [-0.05, 0) is 24.4 Å². The first-order valence-corrected chi connectivity index (χ1v) is 5.78. The van der Waals surface area contributed by atoms with Gasteiger partial charge in [0, 0.05) is 29.4 Å². The predicted octanol–water partition coefficient (Wildman–Crippen LogP) is 2.75. The molecule has 76 valence electrons. The van der Waals surface area contributed by atoms with Gasteiger partial charge in [-0.2, -0.15) is 0 Å². The second-order valence-corrected chi connectivity index (χ2v) is 4.90. The van der Waals surface area contributed by atoms with Crippen LogP contribution in [0, 0.1) is 0 Å². The third kappa shape index (κ3) is 2.43. The second-order valence-electron chi connectivity index (χ2n) is 3.27. The molecule has 2 unspecified atom stereocenters. The first-order valence-electron chi connectivity index (χ1n) is 4.49. The van der Waals surface area contributed by atoms with Crippen LogP contribution in [-0.2, 0) is 4.74 Å². The van der Waals surface area contributed by atoms with Gasteiger partial charge in [-0.15, -0.1) is 0 Å². The Morgan fingerprint density at radius 1 is 1.43 bits per heavy atom. The molecule has 0 spiro atoms. The topological polar surface area (TPSA) is 35.0 Å². The maximum Gasteiger partial charge on any atom is 0.222 e. The van der Waals surface area contributed by atoms with Crippen LogP contribution in [0.3, 0.4) is 0 Å². The Hall–Kier alpha value is -0.190. The van der Waals surface area contributed by atoms with Crippen LogP contribution < -0.4 is 0 Å². The van der Waals surface area contributed by atoms with Crippen LogP contribution in [0.4, 0.5) is 0 Å². The summed E-state index contributed by atoms with van der Waals surface area (Å²) in [6.45, 7) is 0.781. The molecule has 0 bridgehead atoms. The van der Waals surface area contributed by atoms with E-state index in [4.69, 9.17) is 16.3 Å². The standard InChI is InChI=1S/C9H10BrClN2O/c10-7-1-2-14-8(3-7)6-4-12-9(11)13-5-6/h4-5,7-8H,1-3H2. The maximum atomic E-state index is 5.62. The van der Waals surface area contributed by atoms with Gasteiger partial charge in [0.2, 0.25) is 5.28 Å². The third-order valence-corrected chi connectivity index (χ3v) is 3.26.